The van der Waals surface area contributed by atoms with Crippen molar-refractivity contribution in [3.05, 3.63) is 24.2 Å². The Morgan fingerprint density at radius 3 is 3.11 bits per heavy atom. The van der Waals surface area contributed by atoms with Crippen LogP contribution in [0.3, 0.4) is 0 Å². The van der Waals surface area contributed by atoms with Gasteiger partial charge in [-0.05, 0) is 38.1 Å². The van der Waals surface area contributed by atoms with Crippen molar-refractivity contribution in [3.8, 4) is 0 Å². The summed E-state index contributed by atoms with van der Waals surface area (Å²) in [5.41, 5.74) is 1.98. The predicted octanol–water partition coefficient (Wildman–Crippen LogP) is 2.16. The number of aromatic nitrogens is 3. The molecule has 0 radical (unpaired) electrons. The lowest BCUT2D eigenvalue weighted by Crippen LogP contribution is -2.18. The summed E-state index contributed by atoms with van der Waals surface area (Å²) in [5, 5.41) is 0. The van der Waals surface area contributed by atoms with E-state index in [2.05, 4.69) is 26.5 Å². The molecule has 102 valence electrons. The average Bonchev–Trinajstić information content (AvgIpc) is 2.96. The molecule has 3 heterocycles. The maximum atomic E-state index is 5.89. The van der Waals surface area contributed by atoms with Gasteiger partial charge in [-0.15, -0.1) is 11.6 Å². The first-order valence-electron chi connectivity index (χ1n) is 6.82. The number of rotatable bonds is 4. The van der Waals surface area contributed by atoms with Crippen molar-refractivity contribution in [2.75, 3.05) is 26.0 Å². The maximum Gasteiger partial charge on any atom is 0.159 e. The molecular formula is C14H19ClN4. The van der Waals surface area contributed by atoms with Gasteiger partial charge in [0.05, 0.1) is 0 Å². The Morgan fingerprint density at radius 2 is 2.37 bits per heavy atom. The third-order valence-electron chi connectivity index (χ3n) is 3.83. The van der Waals surface area contributed by atoms with Crippen LogP contribution >= 0.6 is 11.6 Å². The Hall–Kier alpha value is -1.13. The SMILES string of the molecule is CN1CCC(Cn2c(CCCl)nc3cccnc32)C1. The largest absolute Gasteiger partial charge is 0.312 e. The van der Waals surface area contributed by atoms with E-state index in [0.717, 1.165) is 36.5 Å². The summed E-state index contributed by atoms with van der Waals surface area (Å²) in [5.74, 6) is 2.37. The minimum absolute atomic E-state index is 0.605. The minimum atomic E-state index is 0.605. The highest BCUT2D eigenvalue weighted by Crippen LogP contribution is 2.21. The van der Waals surface area contributed by atoms with Crippen LogP contribution in [0, 0.1) is 5.92 Å². The van der Waals surface area contributed by atoms with Crippen LogP contribution < -0.4 is 0 Å². The van der Waals surface area contributed by atoms with Crippen molar-refractivity contribution in [1.82, 2.24) is 19.4 Å². The Kier molecular flexibility index (Phi) is 3.71. The molecule has 2 aromatic rings. The standard InChI is InChI=1S/C14H19ClN4/c1-18-8-5-11(9-18)10-19-13(4-6-15)17-12-3-2-7-16-14(12)19/h2-3,7,11H,4-6,8-10H2,1H3. The van der Waals surface area contributed by atoms with E-state index in [4.69, 9.17) is 11.6 Å². The van der Waals surface area contributed by atoms with Gasteiger partial charge in [0, 0.05) is 31.6 Å². The van der Waals surface area contributed by atoms with Gasteiger partial charge in [-0.25, -0.2) is 9.97 Å². The number of halogens is 1. The normalized spacial score (nSPS) is 20.4. The molecule has 19 heavy (non-hydrogen) atoms. The number of hydrogen-bond donors (Lipinski definition) is 0. The Balaban J connectivity index is 1.93. The van der Waals surface area contributed by atoms with Crippen LogP contribution in [-0.2, 0) is 13.0 Å². The van der Waals surface area contributed by atoms with Crippen LogP contribution in [-0.4, -0.2) is 45.5 Å². The van der Waals surface area contributed by atoms with Crippen LogP contribution in [0.15, 0.2) is 18.3 Å². The molecule has 1 atom stereocenters. The molecule has 4 nitrogen and oxygen atoms in total. The highest BCUT2D eigenvalue weighted by atomic mass is 35.5. The van der Waals surface area contributed by atoms with E-state index in [0.29, 0.717) is 11.8 Å². The summed E-state index contributed by atoms with van der Waals surface area (Å²) in [6.45, 7) is 3.35. The molecule has 2 aromatic heterocycles. The fraction of sp³-hybridized carbons (Fsp3) is 0.571. The van der Waals surface area contributed by atoms with Crippen molar-refractivity contribution in [1.29, 1.82) is 0 Å². The third-order valence-corrected chi connectivity index (χ3v) is 4.02. The molecule has 3 rings (SSSR count). The number of aryl methyl sites for hydroxylation is 1. The number of likely N-dealkylation sites (tertiary alicyclic amines) is 1. The molecule has 1 fully saturated rings. The van der Waals surface area contributed by atoms with E-state index >= 15 is 0 Å². The van der Waals surface area contributed by atoms with Gasteiger partial charge in [0.2, 0.25) is 0 Å². The number of hydrogen-bond acceptors (Lipinski definition) is 3. The number of fused-ring (bicyclic) bond motifs is 1. The molecular weight excluding hydrogens is 260 g/mol. The van der Waals surface area contributed by atoms with Gasteiger partial charge < -0.3 is 9.47 Å². The summed E-state index contributed by atoms with van der Waals surface area (Å²) < 4.78 is 2.27. The van der Waals surface area contributed by atoms with Crippen LogP contribution in [0.25, 0.3) is 11.2 Å². The monoisotopic (exact) mass is 278 g/mol. The fourth-order valence-corrected chi connectivity index (χ4v) is 3.08. The lowest BCUT2D eigenvalue weighted by molar-refractivity contribution is 0.377. The van der Waals surface area contributed by atoms with E-state index < -0.39 is 0 Å². The minimum Gasteiger partial charge on any atom is -0.312 e. The molecule has 0 amide bonds. The summed E-state index contributed by atoms with van der Waals surface area (Å²) in [7, 11) is 2.18. The van der Waals surface area contributed by atoms with Gasteiger partial charge in [-0.2, -0.15) is 0 Å². The van der Waals surface area contributed by atoms with Crippen molar-refractivity contribution in [3.63, 3.8) is 0 Å². The highest BCUT2D eigenvalue weighted by Gasteiger charge is 2.22. The number of nitrogens with zero attached hydrogens (tertiary/aromatic N) is 4. The van der Waals surface area contributed by atoms with Gasteiger partial charge in [-0.1, -0.05) is 0 Å². The van der Waals surface area contributed by atoms with Crippen LogP contribution in [0.2, 0.25) is 0 Å². The zero-order valence-corrected chi connectivity index (χ0v) is 12.0. The predicted molar refractivity (Wildman–Crippen MR) is 77.6 cm³/mol. The van der Waals surface area contributed by atoms with Crippen LogP contribution in [0.1, 0.15) is 12.2 Å². The van der Waals surface area contributed by atoms with E-state index in [1.807, 2.05) is 18.3 Å². The molecule has 0 saturated carbocycles. The van der Waals surface area contributed by atoms with Crippen LogP contribution in [0.5, 0.6) is 0 Å². The lowest BCUT2D eigenvalue weighted by Gasteiger charge is -2.13. The molecule has 1 unspecified atom stereocenters. The van der Waals surface area contributed by atoms with E-state index in [1.54, 1.807) is 0 Å². The molecule has 1 saturated heterocycles. The second kappa shape index (κ2) is 5.47. The van der Waals surface area contributed by atoms with E-state index in [-0.39, 0.29) is 0 Å². The molecule has 1 aliphatic heterocycles. The molecule has 0 spiro atoms. The fourth-order valence-electron chi connectivity index (χ4n) is 2.91. The highest BCUT2D eigenvalue weighted by molar-refractivity contribution is 6.17. The number of imidazole rings is 1. The Bertz CT molecular complexity index is 566. The molecule has 0 N–H and O–H groups in total. The van der Waals surface area contributed by atoms with Gasteiger partial charge in [0.15, 0.2) is 5.65 Å². The number of pyridine rings is 1. The second-order valence-corrected chi connectivity index (χ2v) is 5.72. The van der Waals surface area contributed by atoms with Gasteiger partial charge in [0.25, 0.3) is 0 Å². The molecule has 5 heteroatoms. The molecule has 0 aromatic carbocycles. The second-order valence-electron chi connectivity index (χ2n) is 5.34. The maximum absolute atomic E-state index is 5.89. The summed E-state index contributed by atoms with van der Waals surface area (Å²) in [6.07, 6.45) is 3.90. The van der Waals surface area contributed by atoms with E-state index in [9.17, 15) is 0 Å². The summed E-state index contributed by atoms with van der Waals surface area (Å²) in [6, 6.07) is 3.96. The summed E-state index contributed by atoms with van der Waals surface area (Å²) in [4.78, 5) is 11.5. The first kappa shape index (κ1) is 12.9. The third kappa shape index (κ3) is 2.60. The lowest BCUT2D eigenvalue weighted by atomic mass is 10.1. The molecule has 0 bridgehead atoms. The van der Waals surface area contributed by atoms with Gasteiger partial charge in [-0.3, -0.25) is 0 Å². The number of alkyl halides is 1. The average molecular weight is 279 g/mol. The van der Waals surface area contributed by atoms with Gasteiger partial charge >= 0.3 is 0 Å². The summed E-state index contributed by atoms with van der Waals surface area (Å²) >= 11 is 5.89. The Labute approximate surface area is 118 Å². The topological polar surface area (TPSA) is 34.0 Å². The quantitative estimate of drug-likeness (QED) is 0.804. The first-order valence-corrected chi connectivity index (χ1v) is 7.36. The van der Waals surface area contributed by atoms with Crippen molar-refractivity contribution in [2.24, 2.45) is 5.92 Å². The molecule has 1 aliphatic rings. The first-order chi connectivity index (χ1) is 9.28. The van der Waals surface area contributed by atoms with Crippen molar-refractivity contribution in [2.45, 2.75) is 19.4 Å². The van der Waals surface area contributed by atoms with Crippen molar-refractivity contribution < 1.29 is 0 Å². The molecule has 0 aliphatic carbocycles. The zero-order valence-electron chi connectivity index (χ0n) is 11.2. The van der Waals surface area contributed by atoms with E-state index in [1.165, 1.54) is 13.0 Å². The van der Waals surface area contributed by atoms with Gasteiger partial charge in [0.1, 0.15) is 11.3 Å². The Morgan fingerprint density at radius 1 is 1.47 bits per heavy atom. The smallest absolute Gasteiger partial charge is 0.159 e. The van der Waals surface area contributed by atoms with Crippen LogP contribution in [0.4, 0.5) is 0 Å². The zero-order chi connectivity index (χ0) is 13.2. The van der Waals surface area contributed by atoms with Crippen molar-refractivity contribution >= 4 is 22.8 Å².